The van der Waals surface area contributed by atoms with Gasteiger partial charge in [-0.1, -0.05) is 0 Å². The van der Waals surface area contributed by atoms with Gasteiger partial charge in [0.15, 0.2) is 5.82 Å². The van der Waals surface area contributed by atoms with Gasteiger partial charge in [0, 0.05) is 12.7 Å². The summed E-state index contributed by atoms with van der Waals surface area (Å²) < 4.78 is 42.6. The van der Waals surface area contributed by atoms with Crippen molar-refractivity contribution >= 4 is 10.0 Å². The molecule has 0 bridgehead atoms. The van der Waals surface area contributed by atoms with Gasteiger partial charge in [-0.05, 0) is 30.7 Å². The van der Waals surface area contributed by atoms with Crippen molar-refractivity contribution < 1.29 is 17.5 Å². The molecule has 0 unspecified atom stereocenters. The van der Waals surface area contributed by atoms with Crippen molar-refractivity contribution in [3.05, 3.63) is 29.6 Å². The van der Waals surface area contributed by atoms with E-state index in [-0.39, 0.29) is 24.1 Å². The second kappa shape index (κ2) is 5.88. The van der Waals surface area contributed by atoms with Crippen LogP contribution in [0.25, 0.3) is 11.4 Å². The van der Waals surface area contributed by atoms with E-state index in [1.54, 1.807) is 6.92 Å². The van der Waals surface area contributed by atoms with E-state index in [0.29, 0.717) is 17.0 Å². The quantitative estimate of drug-likeness (QED) is 0.875. The number of halogens is 1. The molecule has 2 aromatic rings. The molecule has 0 aliphatic heterocycles. The zero-order chi connectivity index (χ0) is 15.6. The SMILES string of the molecule is COCCn1c(-c2ccc(F)cc2C)nnc1S(N)(=O)=O. The maximum absolute atomic E-state index is 13.2. The van der Waals surface area contributed by atoms with E-state index in [9.17, 15) is 12.8 Å². The molecule has 1 aromatic heterocycles. The molecule has 0 spiro atoms. The second-order valence-corrected chi connectivity index (χ2v) is 5.91. The van der Waals surface area contributed by atoms with Crippen molar-refractivity contribution in [1.29, 1.82) is 0 Å². The first-order chi connectivity index (χ1) is 9.84. The van der Waals surface area contributed by atoms with Gasteiger partial charge in [0.2, 0.25) is 0 Å². The van der Waals surface area contributed by atoms with E-state index in [1.807, 2.05) is 0 Å². The summed E-state index contributed by atoms with van der Waals surface area (Å²) in [6, 6.07) is 4.13. The predicted molar refractivity (Wildman–Crippen MR) is 73.4 cm³/mol. The first-order valence-electron chi connectivity index (χ1n) is 6.06. The molecule has 2 N–H and O–H groups in total. The van der Waals surface area contributed by atoms with Gasteiger partial charge in [-0.25, -0.2) is 17.9 Å². The lowest BCUT2D eigenvalue weighted by molar-refractivity contribution is 0.185. The van der Waals surface area contributed by atoms with Crippen molar-refractivity contribution in [1.82, 2.24) is 14.8 Å². The van der Waals surface area contributed by atoms with Crippen LogP contribution < -0.4 is 5.14 Å². The van der Waals surface area contributed by atoms with Crippen LogP contribution in [0.1, 0.15) is 5.56 Å². The van der Waals surface area contributed by atoms with Crippen molar-refractivity contribution in [3.8, 4) is 11.4 Å². The van der Waals surface area contributed by atoms with E-state index in [1.165, 1.54) is 29.9 Å². The molecule has 0 saturated heterocycles. The lowest BCUT2D eigenvalue weighted by Crippen LogP contribution is -2.20. The Labute approximate surface area is 121 Å². The highest BCUT2D eigenvalue weighted by Crippen LogP contribution is 2.24. The Morgan fingerprint density at radius 1 is 1.38 bits per heavy atom. The summed E-state index contributed by atoms with van der Waals surface area (Å²) in [5.74, 6) is -0.0838. The van der Waals surface area contributed by atoms with E-state index < -0.39 is 10.0 Å². The standard InChI is InChI=1S/C12H15FN4O3S/c1-8-7-9(13)3-4-10(8)11-15-16-12(21(14,18)19)17(11)5-6-20-2/h3-4,7H,5-6H2,1-2H3,(H2,14,18,19). The largest absolute Gasteiger partial charge is 0.383 e. The number of hydrogen-bond acceptors (Lipinski definition) is 5. The Balaban J connectivity index is 2.60. The number of aromatic nitrogens is 3. The highest BCUT2D eigenvalue weighted by atomic mass is 32.2. The monoisotopic (exact) mass is 314 g/mol. The van der Waals surface area contributed by atoms with Crippen LogP contribution in [0, 0.1) is 12.7 Å². The van der Waals surface area contributed by atoms with Crippen LogP contribution in [0.15, 0.2) is 23.4 Å². The predicted octanol–water partition coefficient (Wildman–Crippen LogP) is 0.686. The topological polar surface area (TPSA) is 100 Å². The van der Waals surface area contributed by atoms with Crippen LogP contribution >= 0.6 is 0 Å². The summed E-state index contributed by atoms with van der Waals surface area (Å²) in [4.78, 5) is 0. The van der Waals surface area contributed by atoms with Gasteiger partial charge in [-0.3, -0.25) is 4.57 Å². The average Bonchev–Trinajstić information content (AvgIpc) is 2.79. The zero-order valence-electron chi connectivity index (χ0n) is 11.6. The Bertz CT molecular complexity index is 758. The minimum atomic E-state index is -4.01. The van der Waals surface area contributed by atoms with Crippen LogP contribution in [0.5, 0.6) is 0 Å². The summed E-state index contributed by atoms with van der Waals surface area (Å²) in [5, 5.41) is 12.3. The Hall–Kier alpha value is -1.84. The molecular weight excluding hydrogens is 299 g/mol. The highest BCUT2D eigenvalue weighted by Gasteiger charge is 2.22. The number of ether oxygens (including phenoxy) is 1. The maximum Gasteiger partial charge on any atom is 0.273 e. The van der Waals surface area contributed by atoms with E-state index in [2.05, 4.69) is 10.2 Å². The third-order valence-corrected chi connectivity index (χ3v) is 3.73. The lowest BCUT2D eigenvalue weighted by atomic mass is 10.1. The van der Waals surface area contributed by atoms with Gasteiger partial charge >= 0.3 is 0 Å². The fourth-order valence-electron chi connectivity index (χ4n) is 1.96. The molecule has 1 aromatic carbocycles. The van der Waals surface area contributed by atoms with Crippen molar-refractivity contribution in [2.75, 3.05) is 13.7 Å². The summed E-state index contributed by atoms with van der Waals surface area (Å²) >= 11 is 0. The van der Waals surface area contributed by atoms with Crippen LogP contribution in [0.2, 0.25) is 0 Å². The molecule has 0 atom stereocenters. The number of nitrogens with zero attached hydrogens (tertiary/aromatic N) is 3. The van der Waals surface area contributed by atoms with Crippen molar-refractivity contribution in [2.24, 2.45) is 5.14 Å². The second-order valence-electron chi connectivity index (χ2n) is 4.45. The third-order valence-electron chi connectivity index (χ3n) is 2.92. The first kappa shape index (κ1) is 15.5. The molecule has 7 nitrogen and oxygen atoms in total. The number of aryl methyl sites for hydroxylation is 1. The summed E-state index contributed by atoms with van der Waals surface area (Å²) in [6.45, 7) is 2.17. The van der Waals surface area contributed by atoms with Crippen LogP contribution in [-0.4, -0.2) is 36.9 Å². The summed E-state index contributed by atoms with van der Waals surface area (Å²) in [5.41, 5.74) is 1.19. The Morgan fingerprint density at radius 2 is 2.10 bits per heavy atom. The molecule has 0 radical (unpaired) electrons. The van der Waals surface area contributed by atoms with Gasteiger partial charge in [0.05, 0.1) is 13.2 Å². The summed E-state index contributed by atoms with van der Waals surface area (Å²) in [7, 11) is -2.52. The van der Waals surface area contributed by atoms with Crippen LogP contribution in [-0.2, 0) is 21.3 Å². The van der Waals surface area contributed by atoms with Gasteiger partial charge in [-0.2, -0.15) is 0 Å². The fraction of sp³-hybridized carbons (Fsp3) is 0.333. The maximum atomic E-state index is 13.2. The van der Waals surface area contributed by atoms with Crippen LogP contribution in [0.3, 0.4) is 0 Å². The van der Waals surface area contributed by atoms with Gasteiger partial charge in [-0.15, -0.1) is 10.2 Å². The van der Waals surface area contributed by atoms with E-state index in [0.717, 1.165) is 0 Å². The molecule has 0 fully saturated rings. The number of hydrogen-bond donors (Lipinski definition) is 1. The minimum Gasteiger partial charge on any atom is -0.383 e. The number of nitrogens with two attached hydrogens (primary N) is 1. The molecule has 21 heavy (non-hydrogen) atoms. The number of rotatable bonds is 5. The van der Waals surface area contributed by atoms with E-state index >= 15 is 0 Å². The molecule has 114 valence electrons. The molecule has 0 aliphatic rings. The Kier molecular flexibility index (Phi) is 4.35. The molecule has 0 saturated carbocycles. The van der Waals surface area contributed by atoms with Crippen LogP contribution in [0.4, 0.5) is 4.39 Å². The number of sulfonamides is 1. The van der Waals surface area contributed by atoms with Gasteiger partial charge in [0.25, 0.3) is 15.2 Å². The average molecular weight is 314 g/mol. The third kappa shape index (κ3) is 3.26. The molecule has 2 rings (SSSR count). The first-order valence-corrected chi connectivity index (χ1v) is 7.60. The number of primary sulfonamides is 1. The highest BCUT2D eigenvalue weighted by molar-refractivity contribution is 7.89. The normalized spacial score (nSPS) is 11.8. The van der Waals surface area contributed by atoms with Gasteiger partial charge in [0.1, 0.15) is 5.82 Å². The van der Waals surface area contributed by atoms with Gasteiger partial charge < -0.3 is 4.74 Å². The fourth-order valence-corrected chi connectivity index (χ4v) is 2.60. The van der Waals surface area contributed by atoms with Crippen molar-refractivity contribution in [2.45, 2.75) is 18.6 Å². The molecule has 0 amide bonds. The van der Waals surface area contributed by atoms with Crippen molar-refractivity contribution in [3.63, 3.8) is 0 Å². The molecule has 1 heterocycles. The summed E-state index contributed by atoms with van der Waals surface area (Å²) in [6.07, 6.45) is 0. The minimum absolute atomic E-state index is 0.210. The zero-order valence-corrected chi connectivity index (χ0v) is 12.4. The lowest BCUT2D eigenvalue weighted by Gasteiger charge is -2.10. The Morgan fingerprint density at radius 3 is 2.67 bits per heavy atom. The number of methoxy groups -OCH3 is 1. The smallest absolute Gasteiger partial charge is 0.273 e. The molecule has 9 heteroatoms. The molecular formula is C12H15FN4O3S. The molecule has 0 aliphatic carbocycles. The number of benzene rings is 1. The van der Waals surface area contributed by atoms with E-state index in [4.69, 9.17) is 9.88 Å².